The van der Waals surface area contributed by atoms with E-state index in [-0.39, 0.29) is 35.3 Å². The van der Waals surface area contributed by atoms with Gasteiger partial charge in [-0.05, 0) is 49.9 Å². The van der Waals surface area contributed by atoms with Crippen LogP contribution in [0.4, 0.5) is 0 Å². The molecule has 0 fully saturated rings. The van der Waals surface area contributed by atoms with E-state index >= 15 is 0 Å². The molecule has 0 unspecified atom stereocenters. The van der Waals surface area contributed by atoms with E-state index in [2.05, 4.69) is 5.32 Å². The lowest BCUT2D eigenvalue weighted by Crippen LogP contribution is -2.35. The summed E-state index contributed by atoms with van der Waals surface area (Å²) in [7, 11) is 0. The number of aromatic hydroxyl groups is 2. The van der Waals surface area contributed by atoms with Gasteiger partial charge in [0.25, 0.3) is 0 Å². The fourth-order valence-electron chi connectivity index (χ4n) is 3.22. The summed E-state index contributed by atoms with van der Waals surface area (Å²) < 4.78 is 5.15. The second kappa shape index (κ2) is 8.17. The SMILES string of the molecule is Cc1c(CC(=O)N[C@H](C)CCc2ccccc2)c(=O)oc2c(O)c(O)ccc12. The molecular weight excluding hydrogens is 358 g/mol. The van der Waals surface area contributed by atoms with Crippen molar-refractivity contribution in [2.24, 2.45) is 0 Å². The first-order valence-corrected chi connectivity index (χ1v) is 9.17. The van der Waals surface area contributed by atoms with Gasteiger partial charge in [-0.25, -0.2) is 4.79 Å². The average Bonchev–Trinajstić information content (AvgIpc) is 2.67. The lowest BCUT2D eigenvalue weighted by Gasteiger charge is -2.15. The summed E-state index contributed by atoms with van der Waals surface area (Å²) in [5.41, 5.74) is 1.22. The van der Waals surface area contributed by atoms with E-state index < -0.39 is 11.4 Å². The van der Waals surface area contributed by atoms with Crippen LogP contribution >= 0.6 is 0 Å². The molecule has 0 saturated carbocycles. The van der Waals surface area contributed by atoms with Crippen LogP contribution in [0.25, 0.3) is 11.0 Å². The molecule has 2 aromatic carbocycles. The number of hydrogen-bond donors (Lipinski definition) is 3. The second-order valence-corrected chi connectivity index (χ2v) is 6.97. The number of rotatable bonds is 6. The highest BCUT2D eigenvalue weighted by Crippen LogP contribution is 2.34. The topological polar surface area (TPSA) is 99.8 Å². The Morgan fingerprint density at radius 2 is 1.86 bits per heavy atom. The van der Waals surface area contributed by atoms with E-state index in [9.17, 15) is 19.8 Å². The van der Waals surface area contributed by atoms with Crippen LogP contribution in [0.15, 0.2) is 51.7 Å². The third-order valence-corrected chi connectivity index (χ3v) is 4.86. The molecule has 0 saturated heterocycles. The molecule has 1 heterocycles. The highest BCUT2D eigenvalue weighted by atomic mass is 16.4. The van der Waals surface area contributed by atoms with Gasteiger partial charge in [0, 0.05) is 11.4 Å². The van der Waals surface area contributed by atoms with Gasteiger partial charge in [0.2, 0.25) is 11.7 Å². The van der Waals surface area contributed by atoms with E-state index in [4.69, 9.17) is 4.42 Å². The number of carbonyl (C=O) groups is 1. The second-order valence-electron chi connectivity index (χ2n) is 6.97. The Bertz CT molecular complexity index is 1060. The molecule has 0 radical (unpaired) electrons. The lowest BCUT2D eigenvalue weighted by molar-refractivity contribution is -0.121. The molecule has 3 aromatic rings. The van der Waals surface area contributed by atoms with Crippen LogP contribution < -0.4 is 10.9 Å². The Morgan fingerprint density at radius 1 is 1.14 bits per heavy atom. The van der Waals surface area contributed by atoms with E-state index in [1.807, 2.05) is 37.3 Å². The van der Waals surface area contributed by atoms with Crippen LogP contribution in [-0.2, 0) is 17.6 Å². The maximum atomic E-state index is 12.4. The first-order valence-electron chi connectivity index (χ1n) is 9.17. The van der Waals surface area contributed by atoms with Crippen molar-refractivity contribution in [2.75, 3.05) is 0 Å². The normalized spacial score (nSPS) is 12.1. The minimum absolute atomic E-state index is 0.0403. The Kier molecular flexibility index (Phi) is 5.68. The zero-order valence-corrected chi connectivity index (χ0v) is 15.9. The highest BCUT2D eigenvalue weighted by molar-refractivity contribution is 5.89. The molecule has 0 aliphatic rings. The zero-order valence-electron chi connectivity index (χ0n) is 15.9. The number of benzene rings is 2. The Balaban J connectivity index is 1.71. The molecule has 1 aromatic heterocycles. The monoisotopic (exact) mass is 381 g/mol. The maximum absolute atomic E-state index is 12.4. The average molecular weight is 381 g/mol. The molecular formula is C22H23NO5. The predicted molar refractivity (Wildman–Crippen MR) is 107 cm³/mol. The van der Waals surface area contributed by atoms with Crippen molar-refractivity contribution in [3.05, 3.63) is 69.6 Å². The van der Waals surface area contributed by atoms with Gasteiger partial charge in [0.15, 0.2) is 11.3 Å². The van der Waals surface area contributed by atoms with Crippen LogP contribution in [-0.4, -0.2) is 22.2 Å². The van der Waals surface area contributed by atoms with Crippen LogP contribution in [0.5, 0.6) is 11.5 Å². The standard InChI is InChI=1S/C22H23NO5/c1-13(8-9-15-6-4-3-5-7-15)23-19(25)12-17-14(2)16-10-11-18(24)20(26)21(16)28-22(17)27/h3-7,10-11,13,24,26H,8-9,12H2,1-2H3,(H,23,25)/t13-/m1/s1. The third-order valence-electron chi connectivity index (χ3n) is 4.86. The van der Waals surface area contributed by atoms with Gasteiger partial charge in [-0.1, -0.05) is 30.3 Å². The summed E-state index contributed by atoms with van der Waals surface area (Å²) in [6, 6.07) is 12.9. The molecule has 146 valence electrons. The smallest absolute Gasteiger partial charge is 0.340 e. The van der Waals surface area contributed by atoms with Crippen molar-refractivity contribution in [1.82, 2.24) is 5.32 Å². The number of aryl methyl sites for hydroxylation is 2. The number of hydrogen-bond acceptors (Lipinski definition) is 5. The summed E-state index contributed by atoms with van der Waals surface area (Å²) >= 11 is 0. The first-order chi connectivity index (χ1) is 13.4. The number of phenols is 2. The van der Waals surface area contributed by atoms with E-state index in [1.165, 1.54) is 11.6 Å². The Labute approximate surface area is 162 Å². The van der Waals surface area contributed by atoms with Gasteiger partial charge >= 0.3 is 5.63 Å². The molecule has 0 bridgehead atoms. The van der Waals surface area contributed by atoms with Crippen molar-refractivity contribution >= 4 is 16.9 Å². The quantitative estimate of drug-likeness (QED) is 0.450. The van der Waals surface area contributed by atoms with Gasteiger partial charge in [-0.15, -0.1) is 0 Å². The van der Waals surface area contributed by atoms with Crippen molar-refractivity contribution in [1.29, 1.82) is 0 Å². The fraction of sp³-hybridized carbons (Fsp3) is 0.273. The molecule has 0 spiro atoms. The minimum atomic E-state index is -0.696. The number of nitrogens with one attached hydrogen (secondary N) is 1. The fourth-order valence-corrected chi connectivity index (χ4v) is 3.22. The number of phenolic OH excluding ortho intramolecular Hbond substituents is 2. The first kappa shape index (κ1) is 19.5. The minimum Gasteiger partial charge on any atom is -0.504 e. The van der Waals surface area contributed by atoms with Gasteiger partial charge < -0.3 is 19.9 Å². The summed E-state index contributed by atoms with van der Waals surface area (Å²) in [5, 5.41) is 22.9. The number of fused-ring (bicyclic) bond motifs is 1. The predicted octanol–water partition coefficient (Wildman–Crippen LogP) is 3.19. The third kappa shape index (κ3) is 4.17. The largest absolute Gasteiger partial charge is 0.504 e. The van der Waals surface area contributed by atoms with Gasteiger partial charge in [-0.2, -0.15) is 0 Å². The van der Waals surface area contributed by atoms with Crippen LogP contribution in [0, 0.1) is 6.92 Å². The summed E-state index contributed by atoms with van der Waals surface area (Å²) in [6.07, 6.45) is 1.53. The number of carbonyl (C=O) groups excluding carboxylic acids is 1. The molecule has 3 rings (SSSR count). The molecule has 1 amide bonds. The summed E-state index contributed by atoms with van der Waals surface area (Å²) in [4.78, 5) is 24.7. The highest BCUT2D eigenvalue weighted by Gasteiger charge is 2.18. The van der Waals surface area contributed by atoms with Crippen molar-refractivity contribution < 1.29 is 19.4 Å². The molecule has 0 aliphatic carbocycles. The van der Waals surface area contributed by atoms with E-state index in [0.717, 1.165) is 12.8 Å². The molecule has 0 aliphatic heterocycles. The summed E-state index contributed by atoms with van der Waals surface area (Å²) in [6.45, 7) is 3.62. The lowest BCUT2D eigenvalue weighted by atomic mass is 10.0. The Morgan fingerprint density at radius 3 is 2.57 bits per heavy atom. The molecule has 3 N–H and O–H groups in total. The van der Waals surface area contributed by atoms with Crippen LogP contribution in [0.3, 0.4) is 0 Å². The summed E-state index contributed by atoms with van der Waals surface area (Å²) in [5.74, 6) is -1.12. The van der Waals surface area contributed by atoms with Gasteiger partial charge in [-0.3, -0.25) is 4.79 Å². The molecule has 1 atom stereocenters. The molecule has 6 heteroatoms. The van der Waals surface area contributed by atoms with Gasteiger partial charge in [0.05, 0.1) is 12.0 Å². The van der Waals surface area contributed by atoms with E-state index in [0.29, 0.717) is 10.9 Å². The van der Waals surface area contributed by atoms with Crippen molar-refractivity contribution in [3.8, 4) is 11.5 Å². The molecule has 28 heavy (non-hydrogen) atoms. The maximum Gasteiger partial charge on any atom is 0.340 e. The van der Waals surface area contributed by atoms with E-state index in [1.54, 1.807) is 13.0 Å². The van der Waals surface area contributed by atoms with Crippen LogP contribution in [0.2, 0.25) is 0 Å². The van der Waals surface area contributed by atoms with Crippen molar-refractivity contribution in [3.63, 3.8) is 0 Å². The Hall–Kier alpha value is -3.28. The van der Waals surface area contributed by atoms with Crippen molar-refractivity contribution in [2.45, 2.75) is 39.2 Å². The van der Waals surface area contributed by atoms with Gasteiger partial charge in [0.1, 0.15) is 0 Å². The molecule has 6 nitrogen and oxygen atoms in total. The zero-order chi connectivity index (χ0) is 20.3. The number of amides is 1. The van der Waals surface area contributed by atoms with Crippen LogP contribution in [0.1, 0.15) is 30.0 Å².